The first-order chi connectivity index (χ1) is 7.61. The fourth-order valence-electron chi connectivity index (χ4n) is 1.70. The van der Waals surface area contributed by atoms with Crippen LogP contribution in [0.2, 0.25) is 0 Å². The number of H-pyrrole nitrogens is 1. The summed E-state index contributed by atoms with van der Waals surface area (Å²) in [6.07, 6.45) is 1.68. The van der Waals surface area contributed by atoms with E-state index < -0.39 is 17.6 Å². The first kappa shape index (κ1) is 11.4. The Bertz CT molecular complexity index is 498. The van der Waals surface area contributed by atoms with E-state index in [2.05, 4.69) is 4.98 Å². The second kappa shape index (κ2) is 4.44. The van der Waals surface area contributed by atoms with E-state index in [1.807, 2.05) is 0 Å². The van der Waals surface area contributed by atoms with Gasteiger partial charge in [0.25, 0.3) is 5.56 Å². The Kier molecular flexibility index (Phi) is 3.17. The number of ether oxygens (including phenoxy) is 1. The molecule has 1 fully saturated rings. The standard InChI is InChI=1S/C9H11FN2O3S/c10-6-3-12(9(16)11-8(6)14)7-2-1-5(4-13)15-7/h3,5,7,13H,1-2,4H2,(H,11,14,16). The van der Waals surface area contributed by atoms with Crippen molar-refractivity contribution < 1.29 is 14.2 Å². The van der Waals surface area contributed by atoms with Gasteiger partial charge in [-0.15, -0.1) is 0 Å². The number of hydrogen-bond acceptors (Lipinski definition) is 4. The van der Waals surface area contributed by atoms with Crippen molar-refractivity contribution in [3.05, 3.63) is 27.1 Å². The van der Waals surface area contributed by atoms with Gasteiger partial charge in [-0.3, -0.25) is 14.3 Å². The third-order valence-corrected chi connectivity index (χ3v) is 2.84. The smallest absolute Gasteiger partial charge is 0.287 e. The Balaban J connectivity index is 2.32. The minimum absolute atomic E-state index is 0.0738. The fraction of sp³-hybridized carbons (Fsp3) is 0.556. The number of aliphatic hydroxyl groups excluding tert-OH is 1. The van der Waals surface area contributed by atoms with E-state index in [1.165, 1.54) is 4.57 Å². The highest BCUT2D eigenvalue weighted by Gasteiger charge is 2.26. The maximum Gasteiger partial charge on any atom is 0.287 e. The topological polar surface area (TPSA) is 67.2 Å². The van der Waals surface area contributed by atoms with Crippen LogP contribution in [0.1, 0.15) is 19.1 Å². The van der Waals surface area contributed by atoms with Gasteiger partial charge in [0.05, 0.1) is 18.9 Å². The SMILES string of the molecule is O=c1[nH]c(=S)n(C2CCC(CO)O2)cc1F. The molecule has 88 valence electrons. The second-order valence-corrected chi connectivity index (χ2v) is 4.00. The van der Waals surface area contributed by atoms with Crippen LogP contribution in [0.3, 0.4) is 0 Å². The lowest BCUT2D eigenvalue weighted by Gasteiger charge is -2.15. The quantitative estimate of drug-likeness (QED) is 0.754. The maximum atomic E-state index is 13.1. The van der Waals surface area contributed by atoms with Crippen molar-refractivity contribution in [1.82, 2.24) is 9.55 Å². The molecule has 2 rings (SSSR count). The molecule has 16 heavy (non-hydrogen) atoms. The average Bonchev–Trinajstić information content (AvgIpc) is 2.71. The van der Waals surface area contributed by atoms with Crippen LogP contribution in [0.4, 0.5) is 4.39 Å². The molecule has 5 nitrogen and oxygen atoms in total. The minimum Gasteiger partial charge on any atom is -0.394 e. The van der Waals surface area contributed by atoms with E-state index in [0.717, 1.165) is 6.20 Å². The molecule has 2 heterocycles. The first-order valence-corrected chi connectivity index (χ1v) is 5.30. The van der Waals surface area contributed by atoms with Gasteiger partial charge in [-0.1, -0.05) is 0 Å². The van der Waals surface area contributed by atoms with Crippen LogP contribution in [0.25, 0.3) is 0 Å². The van der Waals surface area contributed by atoms with Gasteiger partial charge in [-0.2, -0.15) is 4.39 Å². The van der Waals surface area contributed by atoms with Gasteiger partial charge in [-0.05, 0) is 25.1 Å². The summed E-state index contributed by atoms with van der Waals surface area (Å²) in [6.45, 7) is -0.0738. The molecule has 0 saturated carbocycles. The Labute approximate surface area is 95.5 Å². The normalized spacial score (nSPS) is 24.9. The molecule has 0 aliphatic carbocycles. The highest BCUT2D eigenvalue weighted by atomic mass is 32.1. The molecule has 7 heteroatoms. The molecular formula is C9H11FN2O3S. The molecule has 1 aromatic rings. The third kappa shape index (κ3) is 2.06. The molecule has 1 aromatic heterocycles. The molecule has 0 radical (unpaired) electrons. The highest BCUT2D eigenvalue weighted by molar-refractivity contribution is 7.71. The van der Waals surface area contributed by atoms with E-state index in [0.29, 0.717) is 12.8 Å². The van der Waals surface area contributed by atoms with Crippen LogP contribution in [0.5, 0.6) is 0 Å². The van der Waals surface area contributed by atoms with Crippen LogP contribution in [-0.4, -0.2) is 27.4 Å². The summed E-state index contributed by atoms with van der Waals surface area (Å²) < 4.78 is 20.0. The molecule has 0 amide bonds. The Hall–Kier alpha value is -1.05. The van der Waals surface area contributed by atoms with Gasteiger partial charge in [0.2, 0.25) is 5.82 Å². The predicted molar refractivity (Wildman–Crippen MR) is 56.1 cm³/mol. The number of hydrogen-bond donors (Lipinski definition) is 2. The number of nitrogens with one attached hydrogen (secondary N) is 1. The largest absolute Gasteiger partial charge is 0.394 e. The van der Waals surface area contributed by atoms with Gasteiger partial charge in [0.15, 0.2) is 4.77 Å². The lowest BCUT2D eigenvalue weighted by Crippen LogP contribution is -2.21. The first-order valence-electron chi connectivity index (χ1n) is 4.89. The zero-order valence-electron chi connectivity index (χ0n) is 8.35. The molecule has 2 unspecified atom stereocenters. The maximum absolute atomic E-state index is 13.1. The molecule has 1 aliphatic heterocycles. The summed E-state index contributed by atoms with van der Waals surface area (Å²) in [4.78, 5) is 13.2. The lowest BCUT2D eigenvalue weighted by molar-refractivity contribution is -0.0241. The van der Waals surface area contributed by atoms with Crippen molar-refractivity contribution in [1.29, 1.82) is 0 Å². The molecule has 0 spiro atoms. The number of aromatic nitrogens is 2. The van der Waals surface area contributed by atoms with E-state index >= 15 is 0 Å². The van der Waals surface area contributed by atoms with Crippen molar-refractivity contribution in [2.24, 2.45) is 0 Å². The van der Waals surface area contributed by atoms with Crippen LogP contribution >= 0.6 is 12.2 Å². The molecule has 1 aliphatic rings. The van der Waals surface area contributed by atoms with Crippen LogP contribution < -0.4 is 5.56 Å². The van der Waals surface area contributed by atoms with Crippen molar-refractivity contribution >= 4 is 12.2 Å². The van der Waals surface area contributed by atoms with E-state index in [9.17, 15) is 9.18 Å². The van der Waals surface area contributed by atoms with Gasteiger partial charge < -0.3 is 9.84 Å². The number of aliphatic hydroxyl groups is 1. The van der Waals surface area contributed by atoms with Gasteiger partial charge in [-0.25, -0.2) is 0 Å². The number of aromatic amines is 1. The van der Waals surface area contributed by atoms with Crippen molar-refractivity contribution in [2.45, 2.75) is 25.2 Å². The Morgan fingerprint density at radius 2 is 2.44 bits per heavy atom. The fourth-order valence-corrected chi connectivity index (χ4v) is 1.96. The summed E-state index contributed by atoms with van der Waals surface area (Å²) >= 11 is 4.91. The summed E-state index contributed by atoms with van der Waals surface area (Å²) in [5, 5.41) is 8.91. The molecule has 0 aromatic carbocycles. The zero-order chi connectivity index (χ0) is 11.7. The monoisotopic (exact) mass is 246 g/mol. The van der Waals surface area contributed by atoms with Crippen LogP contribution in [0.15, 0.2) is 11.0 Å². The van der Waals surface area contributed by atoms with Gasteiger partial charge in [0.1, 0.15) is 6.23 Å². The molecular weight excluding hydrogens is 235 g/mol. The predicted octanol–water partition coefficient (Wildman–Crippen LogP) is 0.715. The summed E-state index contributed by atoms with van der Waals surface area (Å²) in [5.41, 5.74) is -0.835. The summed E-state index contributed by atoms with van der Waals surface area (Å²) in [7, 11) is 0. The molecule has 1 saturated heterocycles. The second-order valence-electron chi connectivity index (χ2n) is 3.62. The van der Waals surface area contributed by atoms with Gasteiger partial charge in [0, 0.05) is 0 Å². The van der Waals surface area contributed by atoms with Crippen LogP contribution in [0, 0.1) is 10.6 Å². The zero-order valence-corrected chi connectivity index (χ0v) is 9.17. The van der Waals surface area contributed by atoms with E-state index in [-0.39, 0.29) is 17.5 Å². The molecule has 2 N–H and O–H groups in total. The van der Waals surface area contributed by atoms with Crippen molar-refractivity contribution in [2.75, 3.05) is 6.61 Å². The summed E-state index contributed by atoms with van der Waals surface area (Å²) in [6, 6.07) is 0. The van der Waals surface area contributed by atoms with Crippen LogP contribution in [-0.2, 0) is 4.74 Å². The Morgan fingerprint density at radius 3 is 3.06 bits per heavy atom. The number of nitrogens with zero attached hydrogens (tertiary/aromatic N) is 1. The van der Waals surface area contributed by atoms with E-state index in [4.69, 9.17) is 22.1 Å². The number of halogens is 1. The van der Waals surface area contributed by atoms with Crippen molar-refractivity contribution in [3.8, 4) is 0 Å². The highest BCUT2D eigenvalue weighted by Crippen LogP contribution is 2.27. The molecule has 0 bridgehead atoms. The summed E-state index contributed by atoms with van der Waals surface area (Å²) in [5.74, 6) is -0.898. The van der Waals surface area contributed by atoms with Crippen molar-refractivity contribution in [3.63, 3.8) is 0 Å². The van der Waals surface area contributed by atoms with E-state index in [1.54, 1.807) is 0 Å². The average molecular weight is 246 g/mol. The minimum atomic E-state index is -0.898. The lowest BCUT2D eigenvalue weighted by atomic mass is 10.2. The number of rotatable bonds is 2. The Morgan fingerprint density at radius 1 is 1.69 bits per heavy atom. The molecule has 2 atom stereocenters. The van der Waals surface area contributed by atoms with Gasteiger partial charge >= 0.3 is 0 Å². The third-order valence-electron chi connectivity index (χ3n) is 2.52.